The topological polar surface area (TPSA) is 43.4 Å². The summed E-state index contributed by atoms with van der Waals surface area (Å²) in [5, 5.41) is 3.61. The highest BCUT2D eigenvalue weighted by Gasteiger charge is 2.10. The molecule has 4 nitrogen and oxygen atoms in total. The van der Waals surface area contributed by atoms with E-state index in [9.17, 15) is 0 Å². The molecule has 0 bridgehead atoms. The third-order valence-electron chi connectivity index (χ3n) is 5.14. The Morgan fingerprint density at radius 2 is 1.70 bits per heavy atom. The summed E-state index contributed by atoms with van der Waals surface area (Å²) in [5.41, 5.74) is 6.98. The fourth-order valence-electron chi connectivity index (χ4n) is 3.37. The maximum Gasteiger partial charge on any atom is 0.120 e. The normalized spacial score (nSPS) is 13.1. The highest BCUT2D eigenvalue weighted by atomic mass is 16.5. The van der Waals surface area contributed by atoms with Crippen molar-refractivity contribution in [1.29, 1.82) is 0 Å². The van der Waals surface area contributed by atoms with Crippen LogP contribution < -0.4 is 10.1 Å². The summed E-state index contributed by atoms with van der Waals surface area (Å²) in [6.07, 6.45) is 1.93. The third kappa shape index (κ3) is 6.15. The quantitative estimate of drug-likeness (QED) is 0.502. The van der Waals surface area contributed by atoms with Crippen molar-refractivity contribution in [2.75, 3.05) is 13.7 Å². The molecule has 3 rings (SSSR count). The van der Waals surface area contributed by atoms with Crippen molar-refractivity contribution < 1.29 is 9.47 Å². The average molecular weight is 405 g/mol. The largest absolute Gasteiger partial charge is 0.488 e. The van der Waals surface area contributed by atoms with Crippen LogP contribution in [-0.2, 0) is 11.3 Å². The molecule has 0 fully saturated rings. The van der Waals surface area contributed by atoms with Crippen LogP contribution in [0.25, 0.3) is 11.1 Å². The first-order chi connectivity index (χ1) is 14.4. The summed E-state index contributed by atoms with van der Waals surface area (Å²) in [6.45, 7) is 9.58. The number of nitrogens with one attached hydrogen (secondary N) is 1. The Morgan fingerprint density at radius 3 is 2.37 bits per heavy atom. The SMILES string of the molecule is COCC(C)Oc1cc(CN[C@H](C)c2ccc(C)nc2)cc(-c2ccc(C)cc2)c1. The molecule has 1 unspecified atom stereocenters. The number of rotatable bonds is 9. The summed E-state index contributed by atoms with van der Waals surface area (Å²) < 4.78 is 11.4. The Hall–Kier alpha value is -2.69. The lowest BCUT2D eigenvalue weighted by molar-refractivity contribution is 0.0920. The first kappa shape index (κ1) is 22.0. The molecule has 0 radical (unpaired) electrons. The summed E-state index contributed by atoms with van der Waals surface area (Å²) in [7, 11) is 1.69. The van der Waals surface area contributed by atoms with Crippen molar-refractivity contribution in [3.8, 4) is 16.9 Å². The van der Waals surface area contributed by atoms with E-state index in [2.05, 4.69) is 78.7 Å². The van der Waals surface area contributed by atoms with Crippen LogP contribution in [0.15, 0.2) is 60.8 Å². The Kier molecular flexibility index (Phi) is 7.61. The van der Waals surface area contributed by atoms with Crippen LogP contribution in [-0.4, -0.2) is 24.8 Å². The molecule has 158 valence electrons. The summed E-state index contributed by atoms with van der Waals surface area (Å²) in [4.78, 5) is 4.41. The van der Waals surface area contributed by atoms with Crippen molar-refractivity contribution in [2.45, 2.75) is 46.4 Å². The second-order valence-corrected chi connectivity index (χ2v) is 7.95. The molecule has 0 amide bonds. The van der Waals surface area contributed by atoms with E-state index in [0.29, 0.717) is 6.61 Å². The van der Waals surface area contributed by atoms with Gasteiger partial charge in [0.1, 0.15) is 11.9 Å². The van der Waals surface area contributed by atoms with Gasteiger partial charge in [0.15, 0.2) is 0 Å². The number of pyridine rings is 1. The molecule has 30 heavy (non-hydrogen) atoms. The zero-order valence-electron chi connectivity index (χ0n) is 18.6. The minimum absolute atomic E-state index is 0.0124. The van der Waals surface area contributed by atoms with Crippen LogP contribution in [0.2, 0.25) is 0 Å². The molecule has 1 aromatic heterocycles. The van der Waals surface area contributed by atoms with Gasteiger partial charge in [0.25, 0.3) is 0 Å². The van der Waals surface area contributed by atoms with Gasteiger partial charge in [0, 0.05) is 31.6 Å². The fourth-order valence-corrected chi connectivity index (χ4v) is 3.37. The number of aromatic nitrogens is 1. The van der Waals surface area contributed by atoms with E-state index in [4.69, 9.17) is 9.47 Å². The Morgan fingerprint density at radius 1 is 0.933 bits per heavy atom. The molecule has 0 saturated carbocycles. The fraction of sp³-hybridized carbons (Fsp3) is 0.346. The van der Waals surface area contributed by atoms with Crippen molar-refractivity contribution in [3.05, 3.63) is 83.2 Å². The second-order valence-electron chi connectivity index (χ2n) is 7.95. The smallest absolute Gasteiger partial charge is 0.120 e. The van der Waals surface area contributed by atoms with Gasteiger partial charge < -0.3 is 14.8 Å². The number of nitrogens with zero attached hydrogens (tertiary/aromatic N) is 1. The molecule has 0 saturated heterocycles. The van der Waals surface area contributed by atoms with E-state index in [1.165, 1.54) is 22.3 Å². The van der Waals surface area contributed by atoms with E-state index < -0.39 is 0 Å². The standard InChI is InChI=1S/C26H32N2O2/c1-18-6-9-23(10-7-18)25-12-22(13-26(14-25)30-20(3)17-29-5)15-28-21(4)24-11-8-19(2)27-16-24/h6-14,16,20-21,28H,15,17H2,1-5H3/t20?,21-/m1/s1. The molecular weight excluding hydrogens is 372 g/mol. The Labute approximate surface area is 180 Å². The molecule has 2 atom stereocenters. The van der Waals surface area contributed by atoms with Crippen molar-refractivity contribution in [3.63, 3.8) is 0 Å². The van der Waals surface area contributed by atoms with Crippen LogP contribution in [0.3, 0.4) is 0 Å². The van der Waals surface area contributed by atoms with Gasteiger partial charge in [-0.3, -0.25) is 4.98 Å². The number of hydrogen-bond acceptors (Lipinski definition) is 4. The molecule has 2 aromatic carbocycles. The Bertz CT molecular complexity index is 936. The average Bonchev–Trinajstić information content (AvgIpc) is 2.73. The zero-order chi connectivity index (χ0) is 21.5. The number of ether oxygens (including phenoxy) is 2. The van der Waals surface area contributed by atoms with Crippen molar-refractivity contribution in [1.82, 2.24) is 10.3 Å². The number of methoxy groups -OCH3 is 1. The summed E-state index contributed by atoms with van der Waals surface area (Å²) in [5.74, 6) is 0.860. The number of benzene rings is 2. The minimum Gasteiger partial charge on any atom is -0.488 e. The van der Waals surface area contributed by atoms with Gasteiger partial charge in [-0.05, 0) is 74.2 Å². The van der Waals surface area contributed by atoms with Gasteiger partial charge in [0.05, 0.1) is 6.61 Å². The van der Waals surface area contributed by atoms with E-state index in [0.717, 1.165) is 23.6 Å². The Balaban J connectivity index is 1.81. The van der Waals surface area contributed by atoms with E-state index in [1.807, 2.05) is 20.0 Å². The van der Waals surface area contributed by atoms with Crippen LogP contribution in [0.5, 0.6) is 5.75 Å². The van der Waals surface area contributed by atoms with Crippen LogP contribution in [0, 0.1) is 13.8 Å². The van der Waals surface area contributed by atoms with Gasteiger partial charge in [-0.2, -0.15) is 0 Å². The molecule has 0 aliphatic rings. The van der Waals surface area contributed by atoms with Gasteiger partial charge in [0.2, 0.25) is 0 Å². The highest BCUT2D eigenvalue weighted by Crippen LogP contribution is 2.28. The maximum atomic E-state index is 6.12. The van der Waals surface area contributed by atoms with Crippen molar-refractivity contribution in [2.24, 2.45) is 0 Å². The van der Waals surface area contributed by atoms with Crippen LogP contribution in [0.1, 0.15) is 42.3 Å². The molecule has 0 aliphatic heterocycles. The lowest BCUT2D eigenvalue weighted by Crippen LogP contribution is -2.19. The monoisotopic (exact) mass is 404 g/mol. The van der Waals surface area contributed by atoms with Gasteiger partial charge in [-0.1, -0.05) is 35.9 Å². The lowest BCUT2D eigenvalue weighted by atomic mass is 10.0. The van der Waals surface area contributed by atoms with Crippen molar-refractivity contribution >= 4 is 0 Å². The van der Waals surface area contributed by atoms with Gasteiger partial charge >= 0.3 is 0 Å². The predicted octanol–water partition coefficient (Wildman–Crippen LogP) is 5.63. The lowest BCUT2D eigenvalue weighted by Gasteiger charge is -2.18. The number of aryl methyl sites for hydroxylation is 2. The molecule has 1 heterocycles. The minimum atomic E-state index is -0.0124. The molecule has 3 aromatic rings. The van der Waals surface area contributed by atoms with Crippen LogP contribution >= 0.6 is 0 Å². The van der Waals surface area contributed by atoms with E-state index in [1.54, 1.807) is 7.11 Å². The van der Waals surface area contributed by atoms with E-state index >= 15 is 0 Å². The summed E-state index contributed by atoms with van der Waals surface area (Å²) >= 11 is 0. The first-order valence-corrected chi connectivity index (χ1v) is 10.5. The first-order valence-electron chi connectivity index (χ1n) is 10.5. The van der Waals surface area contributed by atoms with Gasteiger partial charge in [-0.15, -0.1) is 0 Å². The third-order valence-corrected chi connectivity index (χ3v) is 5.14. The molecular formula is C26H32N2O2. The van der Waals surface area contributed by atoms with Gasteiger partial charge in [-0.25, -0.2) is 0 Å². The predicted molar refractivity (Wildman–Crippen MR) is 123 cm³/mol. The molecule has 0 aliphatic carbocycles. The molecule has 4 heteroatoms. The molecule has 1 N–H and O–H groups in total. The second kappa shape index (κ2) is 10.4. The summed E-state index contributed by atoms with van der Waals surface area (Å²) in [6, 6.07) is 19.4. The van der Waals surface area contributed by atoms with Crippen LogP contribution in [0.4, 0.5) is 0 Å². The number of hydrogen-bond donors (Lipinski definition) is 1. The molecule has 0 spiro atoms. The maximum absolute atomic E-state index is 6.12. The highest BCUT2D eigenvalue weighted by molar-refractivity contribution is 5.66. The zero-order valence-corrected chi connectivity index (χ0v) is 18.6. The van der Waals surface area contributed by atoms with E-state index in [-0.39, 0.29) is 12.1 Å².